The molecule has 1 atom stereocenters. The van der Waals surface area contributed by atoms with Gasteiger partial charge in [0.2, 0.25) is 0 Å². The molecule has 6 heteroatoms. The minimum Gasteiger partial charge on any atom is -0.480 e. The first-order chi connectivity index (χ1) is 10.1. The monoisotopic (exact) mass is 301 g/mol. The summed E-state index contributed by atoms with van der Waals surface area (Å²) in [5.41, 5.74) is 2.38. The number of aliphatic carboxylic acids is 1. The third-order valence-electron chi connectivity index (χ3n) is 3.40. The first kappa shape index (κ1) is 13.8. The van der Waals surface area contributed by atoms with E-state index in [1.807, 2.05) is 30.5 Å². The summed E-state index contributed by atoms with van der Waals surface area (Å²) in [6.07, 6.45) is 2.36. The molecule has 0 saturated heterocycles. The maximum absolute atomic E-state index is 11.4. The van der Waals surface area contributed by atoms with Gasteiger partial charge in [-0.15, -0.1) is 11.3 Å². The molecule has 3 rings (SSSR count). The Bertz CT molecular complexity index is 793. The van der Waals surface area contributed by atoms with Crippen LogP contribution in [0.2, 0.25) is 0 Å². The van der Waals surface area contributed by atoms with Crippen molar-refractivity contribution in [1.82, 2.24) is 14.5 Å². The number of hydrogen-bond acceptors (Lipinski definition) is 4. The maximum atomic E-state index is 11.4. The third kappa shape index (κ3) is 2.54. The molecule has 3 aromatic rings. The van der Waals surface area contributed by atoms with Crippen LogP contribution in [0.3, 0.4) is 0 Å². The van der Waals surface area contributed by atoms with Gasteiger partial charge in [-0.25, -0.2) is 14.8 Å². The van der Waals surface area contributed by atoms with Gasteiger partial charge in [-0.2, -0.15) is 0 Å². The van der Waals surface area contributed by atoms with Gasteiger partial charge in [-0.05, 0) is 36.9 Å². The van der Waals surface area contributed by atoms with Crippen LogP contribution in [0.15, 0.2) is 29.8 Å². The van der Waals surface area contributed by atoms with Gasteiger partial charge in [-0.3, -0.25) is 4.57 Å². The van der Waals surface area contributed by atoms with Crippen molar-refractivity contribution in [2.24, 2.45) is 0 Å². The van der Waals surface area contributed by atoms with Gasteiger partial charge in [0.15, 0.2) is 5.65 Å². The molecule has 0 fully saturated rings. The quantitative estimate of drug-likeness (QED) is 0.804. The summed E-state index contributed by atoms with van der Waals surface area (Å²) < 4.78 is 1.72. The van der Waals surface area contributed by atoms with Crippen molar-refractivity contribution in [2.75, 3.05) is 0 Å². The fraction of sp³-hybridized carbons (Fsp3) is 0.267. The number of hydrogen-bond donors (Lipinski definition) is 1. The van der Waals surface area contributed by atoms with Crippen molar-refractivity contribution in [2.45, 2.75) is 26.3 Å². The minimum absolute atomic E-state index is 0.616. The zero-order valence-electron chi connectivity index (χ0n) is 11.8. The van der Waals surface area contributed by atoms with E-state index in [0.717, 1.165) is 21.8 Å². The fourth-order valence-corrected chi connectivity index (χ4v) is 3.04. The predicted molar refractivity (Wildman–Crippen MR) is 81.7 cm³/mol. The Balaban J connectivity index is 2.16. The number of rotatable bonds is 4. The molecule has 3 aromatic heterocycles. The largest absolute Gasteiger partial charge is 0.480 e. The van der Waals surface area contributed by atoms with Crippen LogP contribution < -0.4 is 0 Å². The molecule has 3 heterocycles. The lowest BCUT2D eigenvalue weighted by Gasteiger charge is -2.12. The van der Waals surface area contributed by atoms with Gasteiger partial charge in [0.05, 0.1) is 0 Å². The first-order valence-electron chi connectivity index (χ1n) is 6.65. The van der Waals surface area contributed by atoms with E-state index >= 15 is 0 Å². The molecular weight excluding hydrogens is 286 g/mol. The molecule has 0 aliphatic rings. The highest BCUT2D eigenvalue weighted by Gasteiger charge is 2.22. The first-order valence-corrected chi connectivity index (χ1v) is 7.53. The standard InChI is InChI=1S/C15H15N3O2S/c1-9-6-12-14(16-8-9)18(10(2)15(19)20)13(17-12)7-11-4-3-5-21-11/h3-6,8,10H,7H2,1-2H3,(H,19,20). The van der Waals surface area contributed by atoms with Crippen molar-refractivity contribution < 1.29 is 9.90 Å². The molecule has 0 aliphatic heterocycles. The highest BCUT2D eigenvalue weighted by molar-refractivity contribution is 7.09. The van der Waals surface area contributed by atoms with E-state index in [9.17, 15) is 9.90 Å². The Morgan fingerprint density at radius 1 is 1.52 bits per heavy atom. The van der Waals surface area contributed by atoms with E-state index in [4.69, 9.17) is 0 Å². The minimum atomic E-state index is -0.885. The smallest absolute Gasteiger partial charge is 0.326 e. The van der Waals surface area contributed by atoms with E-state index in [2.05, 4.69) is 9.97 Å². The number of thiophene rings is 1. The van der Waals surface area contributed by atoms with E-state index in [-0.39, 0.29) is 0 Å². The summed E-state index contributed by atoms with van der Waals surface area (Å²) in [6.45, 7) is 3.61. The van der Waals surface area contributed by atoms with Gasteiger partial charge < -0.3 is 5.11 Å². The Kier molecular flexibility index (Phi) is 3.47. The number of aromatic nitrogens is 3. The number of carboxylic acids is 1. The normalized spacial score (nSPS) is 12.7. The highest BCUT2D eigenvalue weighted by atomic mass is 32.1. The van der Waals surface area contributed by atoms with Crippen LogP contribution in [0.5, 0.6) is 0 Å². The molecule has 21 heavy (non-hydrogen) atoms. The Labute approximate surface area is 125 Å². The number of nitrogens with zero attached hydrogens (tertiary/aromatic N) is 3. The van der Waals surface area contributed by atoms with Crippen molar-refractivity contribution in [3.05, 3.63) is 46.0 Å². The Morgan fingerprint density at radius 3 is 3.00 bits per heavy atom. The fourth-order valence-electron chi connectivity index (χ4n) is 2.34. The Hall–Kier alpha value is -2.21. The third-order valence-corrected chi connectivity index (χ3v) is 4.27. The second-order valence-corrected chi connectivity index (χ2v) is 6.06. The molecule has 0 aliphatic carbocycles. The zero-order chi connectivity index (χ0) is 15.0. The number of aryl methyl sites for hydroxylation is 1. The topological polar surface area (TPSA) is 68.0 Å². The molecule has 5 nitrogen and oxygen atoms in total. The molecule has 0 saturated carbocycles. The van der Waals surface area contributed by atoms with Crippen molar-refractivity contribution in [1.29, 1.82) is 0 Å². The van der Waals surface area contributed by atoms with Gasteiger partial charge in [0, 0.05) is 17.5 Å². The molecule has 0 spiro atoms. The van der Waals surface area contributed by atoms with Crippen LogP contribution in [0, 0.1) is 6.92 Å². The molecule has 1 unspecified atom stereocenters. The summed E-state index contributed by atoms with van der Waals surface area (Å²) in [4.78, 5) is 21.5. The number of imidazole rings is 1. The molecule has 1 N–H and O–H groups in total. The van der Waals surface area contributed by atoms with E-state index in [1.54, 1.807) is 29.0 Å². The predicted octanol–water partition coefficient (Wildman–Crippen LogP) is 3.04. The van der Waals surface area contributed by atoms with Crippen LogP contribution in [-0.4, -0.2) is 25.6 Å². The van der Waals surface area contributed by atoms with Crippen molar-refractivity contribution in [3.63, 3.8) is 0 Å². The lowest BCUT2D eigenvalue weighted by atomic mass is 10.3. The SMILES string of the molecule is Cc1cnc2c(c1)nc(Cc1cccs1)n2C(C)C(=O)O. The lowest BCUT2D eigenvalue weighted by molar-refractivity contribution is -0.140. The van der Waals surface area contributed by atoms with E-state index < -0.39 is 12.0 Å². The Morgan fingerprint density at radius 2 is 2.33 bits per heavy atom. The van der Waals surface area contributed by atoms with Crippen LogP contribution in [0.25, 0.3) is 11.2 Å². The van der Waals surface area contributed by atoms with Crippen LogP contribution in [0.4, 0.5) is 0 Å². The van der Waals surface area contributed by atoms with Gasteiger partial charge in [0.25, 0.3) is 0 Å². The second kappa shape index (κ2) is 5.29. The van der Waals surface area contributed by atoms with Crippen LogP contribution in [-0.2, 0) is 11.2 Å². The highest BCUT2D eigenvalue weighted by Crippen LogP contribution is 2.23. The molecule has 0 radical (unpaired) electrons. The van der Waals surface area contributed by atoms with Gasteiger partial charge >= 0.3 is 5.97 Å². The van der Waals surface area contributed by atoms with E-state index in [1.165, 1.54) is 0 Å². The lowest BCUT2D eigenvalue weighted by Crippen LogP contribution is -2.18. The molecule has 108 valence electrons. The number of pyridine rings is 1. The van der Waals surface area contributed by atoms with Gasteiger partial charge in [-0.1, -0.05) is 6.07 Å². The van der Waals surface area contributed by atoms with Crippen LogP contribution in [0.1, 0.15) is 29.2 Å². The number of carbonyl (C=O) groups is 1. The average Bonchev–Trinajstić information content (AvgIpc) is 3.05. The van der Waals surface area contributed by atoms with Crippen molar-refractivity contribution >= 4 is 28.5 Å². The number of fused-ring (bicyclic) bond motifs is 1. The zero-order valence-corrected chi connectivity index (χ0v) is 12.6. The maximum Gasteiger partial charge on any atom is 0.326 e. The van der Waals surface area contributed by atoms with Crippen molar-refractivity contribution in [3.8, 4) is 0 Å². The summed E-state index contributed by atoms with van der Waals surface area (Å²) in [6, 6.07) is 5.25. The average molecular weight is 301 g/mol. The summed E-state index contributed by atoms with van der Waals surface area (Å²) >= 11 is 1.64. The number of carboxylic acid groups (broad SMARTS) is 1. The molecule has 0 bridgehead atoms. The molecular formula is C15H15N3O2S. The molecule has 0 amide bonds. The van der Waals surface area contributed by atoms with Crippen LogP contribution >= 0.6 is 11.3 Å². The molecule has 0 aromatic carbocycles. The summed E-state index contributed by atoms with van der Waals surface area (Å²) in [7, 11) is 0. The second-order valence-electron chi connectivity index (χ2n) is 5.02. The van der Waals surface area contributed by atoms with Gasteiger partial charge in [0.1, 0.15) is 17.4 Å². The summed E-state index contributed by atoms with van der Waals surface area (Å²) in [5, 5.41) is 11.3. The van der Waals surface area contributed by atoms with E-state index in [0.29, 0.717) is 12.1 Å². The summed E-state index contributed by atoms with van der Waals surface area (Å²) in [5.74, 6) is -0.149.